The summed E-state index contributed by atoms with van der Waals surface area (Å²) in [5, 5.41) is 0. The van der Waals surface area contributed by atoms with Gasteiger partial charge in [-0.15, -0.1) is 11.8 Å². The van der Waals surface area contributed by atoms with Crippen LogP contribution in [0.5, 0.6) is 0 Å². The Morgan fingerprint density at radius 3 is 2.65 bits per heavy atom. The molecule has 0 radical (unpaired) electrons. The molecular weight excluding hydrogens is 228 g/mol. The number of nitrogen functional groups attached to an aromatic ring is 1. The van der Waals surface area contributed by atoms with Gasteiger partial charge in [0.15, 0.2) is 0 Å². The molecule has 2 rings (SSSR count). The van der Waals surface area contributed by atoms with Crippen molar-refractivity contribution in [2.75, 3.05) is 11.5 Å². The molecule has 0 aliphatic carbocycles. The van der Waals surface area contributed by atoms with Gasteiger partial charge in [0.25, 0.3) is 0 Å². The summed E-state index contributed by atoms with van der Waals surface area (Å²) in [5.41, 5.74) is 9.15. The Balaban J connectivity index is 1.90. The number of benzene rings is 1. The van der Waals surface area contributed by atoms with Crippen LogP contribution in [0.15, 0.2) is 47.6 Å². The lowest BCUT2D eigenvalue weighted by Gasteiger charge is -2.06. The second-order valence-corrected chi connectivity index (χ2v) is 5.12. The van der Waals surface area contributed by atoms with E-state index in [1.165, 1.54) is 16.0 Å². The van der Waals surface area contributed by atoms with Gasteiger partial charge in [0.05, 0.1) is 0 Å². The number of aryl methyl sites for hydroxylation is 2. The van der Waals surface area contributed by atoms with Gasteiger partial charge < -0.3 is 5.73 Å². The fourth-order valence-corrected chi connectivity index (χ4v) is 2.67. The minimum absolute atomic E-state index is 0.834. The molecule has 2 N–H and O–H groups in total. The molecule has 0 aliphatic heterocycles. The summed E-state index contributed by atoms with van der Waals surface area (Å²) in [7, 11) is 0. The highest BCUT2D eigenvalue weighted by Gasteiger charge is 2.00. The topological polar surface area (TPSA) is 38.9 Å². The summed E-state index contributed by atoms with van der Waals surface area (Å²) in [4.78, 5) is 5.33. The van der Waals surface area contributed by atoms with Crippen molar-refractivity contribution in [2.24, 2.45) is 0 Å². The highest BCUT2D eigenvalue weighted by atomic mass is 32.2. The van der Waals surface area contributed by atoms with E-state index in [2.05, 4.69) is 30.1 Å². The standard InChI is InChI=1S/C14H16N2S/c1-11-10-13(15)2-3-14(11)17-9-6-12-4-7-16-8-5-12/h2-5,7-8,10H,6,9,15H2,1H3. The minimum Gasteiger partial charge on any atom is -0.399 e. The van der Waals surface area contributed by atoms with Crippen LogP contribution in [0, 0.1) is 6.92 Å². The Bertz CT molecular complexity index is 483. The van der Waals surface area contributed by atoms with Crippen molar-refractivity contribution in [1.29, 1.82) is 0 Å². The van der Waals surface area contributed by atoms with Gasteiger partial charge in [0.2, 0.25) is 0 Å². The Morgan fingerprint density at radius 1 is 1.18 bits per heavy atom. The smallest absolute Gasteiger partial charge is 0.0317 e. The predicted molar refractivity (Wildman–Crippen MR) is 74.3 cm³/mol. The largest absolute Gasteiger partial charge is 0.399 e. The van der Waals surface area contributed by atoms with Crippen molar-refractivity contribution in [2.45, 2.75) is 18.2 Å². The van der Waals surface area contributed by atoms with Crippen molar-refractivity contribution in [3.8, 4) is 0 Å². The first-order valence-corrected chi connectivity index (χ1v) is 6.62. The molecule has 0 spiro atoms. The summed E-state index contributed by atoms with van der Waals surface area (Å²) in [6.45, 7) is 2.10. The van der Waals surface area contributed by atoms with Crippen molar-refractivity contribution in [3.63, 3.8) is 0 Å². The van der Waals surface area contributed by atoms with Gasteiger partial charge in [-0.05, 0) is 54.8 Å². The molecule has 0 saturated carbocycles. The average molecular weight is 244 g/mol. The Labute approximate surface area is 106 Å². The summed E-state index contributed by atoms with van der Waals surface area (Å²) < 4.78 is 0. The summed E-state index contributed by atoms with van der Waals surface area (Å²) >= 11 is 1.87. The maximum atomic E-state index is 5.73. The summed E-state index contributed by atoms with van der Waals surface area (Å²) in [6, 6.07) is 10.2. The summed E-state index contributed by atoms with van der Waals surface area (Å²) in [5.74, 6) is 1.08. The van der Waals surface area contributed by atoms with E-state index in [4.69, 9.17) is 5.73 Å². The van der Waals surface area contributed by atoms with Gasteiger partial charge in [-0.25, -0.2) is 0 Å². The highest BCUT2D eigenvalue weighted by molar-refractivity contribution is 7.99. The van der Waals surface area contributed by atoms with E-state index in [9.17, 15) is 0 Å². The molecule has 88 valence electrons. The lowest BCUT2D eigenvalue weighted by Crippen LogP contribution is -1.91. The lowest BCUT2D eigenvalue weighted by atomic mass is 10.2. The molecule has 17 heavy (non-hydrogen) atoms. The molecule has 0 aliphatic rings. The third-order valence-corrected chi connectivity index (χ3v) is 3.77. The number of thioether (sulfide) groups is 1. The number of anilines is 1. The molecule has 2 aromatic rings. The zero-order valence-electron chi connectivity index (χ0n) is 9.89. The van der Waals surface area contributed by atoms with Crippen LogP contribution in [0.4, 0.5) is 5.69 Å². The zero-order valence-corrected chi connectivity index (χ0v) is 10.7. The molecule has 0 saturated heterocycles. The molecule has 0 unspecified atom stereocenters. The van der Waals surface area contributed by atoms with E-state index >= 15 is 0 Å². The van der Waals surface area contributed by atoms with Crippen LogP contribution in [-0.2, 0) is 6.42 Å². The van der Waals surface area contributed by atoms with Crippen LogP contribution in [0.1, 0.15) is 11.1 Å². The fraction of sp³-hybridized carbons (Fsp3) is 0.214. The third kappa shape index (κ3) is 3.49. The quantitative estimate of drug-likeness (QED) is 0.662. The van der Waals surface area contributed by atoms with Crippen LogP contribution in [0.2, 0.25) is 0 Å². The normalized spacial score (nSPS) is 10.4. The number of nitrogens with zero attached hydrogens (tertiary/aromatic N) is 1. The lowest BCUT2D eigenvalue weighted by molar-refractivity contribution is 1.13. The molecule has 0 fully saturated rings. The van der Waals surface area contributed by atoms with E-state index in [-0.39, 0.29) is 0 Å². The van der Waals surface area contributed by atoms with E-state index in [0.29, 0.717) is 0 Å². The number of aromatic nitrogens is 1. The van der Waals surface area contributed by atoms with Gasteiger partial charge in [-0.3, -0.25) is 4.98 Å². The van der Waals surface area contributed by atoms with Crippen LogP contribution in [0.25, 0.3) is 0 Å². The van der Waals surface area contributed by atoms with Crippen molar-refractivity contribution in [3.05, 3.63) is 53.9 Å². The molecule has 0 atom stereocenters. The first kappa shape index (κ1) is 12.0. The molecule has 2 nitrogen and oxygen atoms in total. The zero-order chi connectivity index (χ0) is 12.1. The minimum atomic E-state index is 0.834. The van der Waals surface area contributed by atoms with E-state index in [1.54, 1.807) is 0 Å². The summed E-state index contributed by atoms with van der Waals surface area (Å²) in [6.07, 6.45) is 4.75. The molecule has 0 bridgehead atoms. The van der Waals surface area contributed by atoms with Crippen molar-refractivity contribution >= 4 is 17.4 Å². The Kier molecular flexibility index (Phi) is 4.04. The number of rotatable bonds is 4. The molecule has 3 heteroatoms. The van der Waals surface area contributed by atoms with Gasteiger partial charge in [-0.2, -0.15) is 0 Å². The number of nitrogens with two attached hydrogens (primary N) is 1. The SMILES string of the molecule is Cc1cc(N)ccc1SCCc1ccncc1. The number of hydrogen-bond acceptors (Lipinski definition) is 3. The van der Waals surface area contributed by atoms with Crippen molar-refractivity contribution < 1.29 is 0 Å². The van der Waals surface area contributed by atoms with Crippen molar-refractivity contribution in [1.82, 2.24) is 4.98 Å². The molecular formula is C14H16N2S. The van der Waals surface area contributed by atoms with Gasteiger partial charge >= 0.3 is 0 Å². The van der Waals surface area contributed by atoms with Gasteiger partial charge in [0, 0.05) is 28.7 Å². The number of pyridine rings is 1. The van der Waals surface area contributed by atoms with Crippen LogP contribution >= 0.6 is 11.8 Å². The molecule has 0 amide bonds. The third-order valence-electron chi connectivity index (χ3n) is 2.60. The Hall–Kier alpha value is -1.48. The highest BCUT2D eigenvalue weighted by Crippen LogP contribution is 2.24. The van der Waals surface area contributed by atoms with Crippen LogP contribution in [0.3, 0.4) is 0 Å². The first-order chi connectivity index (χ1) is 8.25. The van der Waals surface area contributed by atoms with E-state index in [1.807, 2.05) is 36.3 Å². The maximum Gasteiger partial charge on any atom is 0.0317 e. The van der Waals surface area contributed by atoms with Gasteiger partial charge in [0.1, 0.15) is 0 Å². The molecule has 1 aromatic carbocycles. The van der Waals surface area contributed by atoms with Gasteiger partial charge in [-0.1, -0.05) is 0 Å². The van der Waals surface area contributed by atoms with Crippen LogP contribution in [-0.4, -0.2) is 10.7 Å². The molecule has 1 aromatic heterocycles. The molecule has 1 heterocycles. The maximum absolute atomic E-state index is 5.73. The van der Waals surface area contributed by atoms with E-state index < -0.39 is 0 Å². The Morgan fingerprint density at radius 2 is 1.94 bits per heavy atom. The second-order valence-electron chi connectivity index (χ2n) is 3.98. The average Bonchev–Trinajstić information content (AvgIpc) is 2.33. The second kappa shape index (κ2) is 5.73. The first-order valence-electron chi connectivity index (χ1n) is 5.63. The fourth-order valence-electron chi connectivity index (χ4n) is 1.66. The van der Waals surface area contributed by atoms with E-state index in [0.717, 1.165) is 17.9 Å². The number of hydrogen-bond donors (Lipinski definition) is 1. The monoisotopic (exact) mass is 244 g/mol. The predicted octanol–water partition coefficient (Wildman–Crippen LogP) is 3.31. The van der Waals surface area contributed by atoms with Crippen LogP contribution < -0.4 is 5.73 Å².